The number of rotatable bonds is 8. The topological polar surface area (TPSA) is 59.1 Å². The van der Waals surface area contributed by atoms with Gasteiger partial charge in [-0.2, -0.15) is 4.98 Å². The van der Waals surface area contributed by atoms with Crippen LogP contribution in [0.15, 0.2) is 60.7 Å². The van der Waals surface area contributed by atoms with Crippen LogP contribution in [0.25, 0.3) is 11.3 Å². The van der Waals surface area contributed by atoms with Crippen LogP contribution in [0, 0.1) is 6.92 Å². The third kappa shape index (κ3) is 4.80. The van der Waals surface area contributed by atoms with Crippen molar-refractivity contribution in [3.8, 4) is 11.3 Å². The van der Waals surface area contributed by atoms with Crippen molar-refractivity contribution in [3.05, 3.63) is 66.2 Å². The molecule has 134 valence electrons. The predicted octanol–water partition coefficient (Wildman–Crippen LogP) is 4.64. The fourth-order valence-electron chi connectivity index (χ4n) is 2.61. The van der Waals surface area contributed by atoms with Gasteiger partial charge < -0.3 is 15.4 Å². The Morgan fingerprint density at radius 2 is 1.73 bits per heavy atom. The van der Waals surface area contributed by atoms with Crippen LogP contribution < -0.4 is 10.6 Å². The highest BCUT2D eigenvalue weighted by atomic mass is 16.5. The summed E-state index contributed by atoms with van der Waals surface area (Å²) in [6, 6.07) is 20.3. The van der Waals surface area contributed by atoms with Gasteiger partial charge in [-0.1, -0.05) is 48.5 Å². The molecular formula is C21H24N4O. The molecule has 0 aliphatic heterocycles. The van der Waals surface area contributed by atoms with Gasteiger partial charge >= 0.3 is 0 Å². The number of para-hydroxylation sites is 1. The fourth-order valence-corrected chi connectivity index (χ4v) is 2.61. The summed E-state index contributed by atoms with van der Waals surface area (Å²) in [5.41, 5.74) is 4.14. The van der Waals surface area contributed by atoms with E-state index >= 15 is 0 Å². The van der Waals surface area contributed by atoms with Crippen LogP contribution >= 0.6 is 0 Å². The van der Waals surface area contributed by atoms with Crippen molar-refractivity contribution in [3.63, 3.8) is 0 Å². The molecule has 0 aliphatic rings. The number of nitrogens with one attached hydrogen (secondary N) is 2. The molecule has 3 aromatic rings. The number of aromatic nitrogens is 2. The number of hydrogen-bond donors (Lipinski definition) is 2. The van der Waals surface area contributed by atoms with E-state index in [-0.39, 0.29) is 0 Å². The van der Waals surface area contributed by atoms with Crippen molar-refractivity contribution in [2.45, 2.75) is 13.3 Å². The first-order valence-corrected chi connectivity index (χ1v) is 8.76. The molecule has 2 N–H and O–H groups in total. The first kappa shape index (κ1) is 17.9. The Morgan fingerprint density at radius 3 is 2.50 bits per heavy atom. The van der Waals surface area contributed by atoms with Crippen LogP contribution in [0.4, 0.5) is 17.5 Å². The van der Waals surface area contributed by atoms with Crippen LogP contribution in [0.2, 0.25) is 0 Å². The summed E-state index contributed by atoms with van der Waals surface area (Å²) < 4.78 is 5.10. The van der Waals surface area contributed by atoms with Crippen molar-refractivity contribution < 1.29 is 4.74 Å². The fraction of sp³-hybridized carbons (Fsp3) is 0.238. The van der Waals surface area contributed by atoms with Gasteiger partial charge in [0.2, 0.25) is 5.95 Å². The second-order valence-corrected chi connectivity index (χ2v) is 6.04. The van der Waals surface area contributed by atoms with Crippen molar-refractivity contribution in [2.75, 3.05) is 30.9 Å². The molecule has 1 heterocycles. The van der Waals surface area contributed by atoms with Crippen molar-refractivity contribution >= 4 is 17.5 Å². The molecule has 2 aromatic carbocycles. The van der Waals surface area contributed by atoms with E-state index < -0.39 is 0 Å². The molecular weight excluding hydrogens is 324 g/mol. The molecule has 0 aliphatic carbocycles. The Balaban J connectivity index is 1.88. The van der Waals surface area contributed by atoms with E-state index in [1.807, 2.05) is 42.5 Å². The zero-order valence-electron chi connectivity index (χ0n) is 15.2. The summed E-state index contributed by atoms with van der Waals surface area (Å²) in [6.07, 6.45) is 0.899. The molecule has 0 unspecified atom stereocenters. The number of anilines is 3. The van der Waals surface area contributed by atoms with E-state index in [9.17, 15) is 0 Å². The highest BCUT2D eigenvalue weighted by Crippen LogP contribution is 2.24. The lowest BCUT2D eigenvalue weighted by atomic mass is 10.1. The molecule has 26 heavy (non-hydrogen) atoms. The number of nitrogens with zero attached hydrogens (tertiary/aromatic N) is 2. The molecule has 0 bridgehead atoms. The summed E-state index contributed by atoms with van der Waals surface area (Å²) >= 11 is 0. The van der Waals surface area contributed by atoms with E-state index in [1.165, 1.54) is 5.56 Å². The number of aryl methyl sites for hydroxylation is 1. The Morgan fingerprint density at radius 1 is 0.962 bits per heavy atom. The van der Waals surface area contributed by atoms with Crippen molar-refractivity contribution in [2.24, 2.45) is 0 Å². The van der Waals surface area contributed by atoms with Crippen molar-refractivity contribution in [1.29, 1.82) is 0 Å². The lowest BCUT2D eigenvalue weighted by Gasteiger charge is -2.13. The van der Waals surface area contributed by atoms with Crippen LogP contribution in [0.5, 0.6) is 0 Å². The largest absolute Gasteiger partial charge is 0.385 e. The quantitative estimate of drug-likeness (QED) is 0.581. The lowest BCUT2D eigenvalue weighted by molar-refractivity contribution is 0.197. The molecule has 0 radical (unpaired) electrons. The normalized spacial score (nSPS) is 10.5. The van der Waals surface area contributed by atoms with Gasteiger partial charge in [0.25, 0.3) is 0 Å². The van der Waals surface area contributed by atoms with Gasteiger partial charge in [-0.3, -0.25) is 0 Å². The summed E-state index contributed by atoms with van der Waals surface area (Å²) in [6.45, 7) is 3.54. The second kappa shape index (κ2) is 8.97. The SMILES string of the molecule is COCCCNc1nc(Nc2ccccc2C)cc(-c2ccccc2)n1. The number of hydrogen-bond acceptors (Lipinski definition) is 5. The smallest absolute Gasteiger partial charge is 0.225 e. The van der Waals surface area contributed by atoms with Crippen LogP contribution in [-0.4, -0.2) is 30.2 Å². The van der Waals surface area contributed by atoms with Crippen LogP contribution in [0.3, 0.4) is 0 Å². The molecule has 5 heteroatoms. The van der Waals surface area contributed by atoms with Crippen molar-refractivity contribution in [1.82, 2.24) is 9.97 Å². The Kier molecular flexibility index (Phi) is 6.17. The average molecular weight is 348 g/mol. The monoisotopic (exact) mass is 348 g/mol. The zero-order chi connectivity index (χ0) is 18.2. The average Bonchev–Trinajstić information content (AvgIpc) is 2.68. The number of ether oxygens (including phenoxy) is 1. The summed E-state index contributed by atoms with van der Waals surface area (Å²) in [5.74, 6) is 1.38. The highest BCUT2D eigenvalue weighted by molar-refractivity contribution is 5.68. The van der Waals surface area contributed by atoms with E-state index in [2.05, 4.69) is 45.7 Å². The first-order valence-electron chi connectivity index (χ1n) is 8.76. The zero-order valence-corrected chi connectivity index (χ0v) is 15.2. The van der Waals surface area contributed by atoms with Gasteiger partial charge in [0, 0.05) is 37.6 Å². The molecule has 0 spiro atoms. The Hall–Kier alpha value is -2.92. The molecule has 0 atom stereocenters. The minimum atomic E-state index is 0.610. The van der Waals surface area contributed by atoms with Gasteiger partial charge in [-0.05, 0) is 25.0 Å². The van der Waals surface area contributed by atoms with Crippen LogP contribution in [0.1, 0.15) is 12.0 Å². The first-order chi connectivity index (χ1) is 12.8. The molecule has 0 fully saturated rings. The third-order valence-corrected chi connectivity index (χ3v) is 4.01. The summed E-state index contributed by atoms with van der Waals surface area (Å²) in [5, 5.41) is 6.70. The van der Waals surface area contributed by atoms with Gasteiger partial charge in [-0.25, -0.2) is 4.98 Å². The maximum Gasteiger partial charge on any atom is 0.225 e. The standard InChI is InChI=1S/C21H24N4O/c1-16-9-6-7-12-18(16)23-20-15-19(17-10-4-3-5-11-17)24-21(25-20)22-13-8-14-26-2/h3-7,9-12,15H,8,13-14H2,1-2H3,(H2,22,23,24,25). The molecule has 3 rings (SSSR count). The number of methoxy groups -OCH3 is 1. The predicted molar refractivity (Wildman–Crippen MR) is 107 cm³/mol. The Bertz CT molecular complexity index is 836. The Labute approximate surface area is 154 Å². The van der Waals surface area contributed by atoms with Gasteiger partial charge in [0.15, 0.2) is 0 Å². The van der Waals surface area contributed by atoms with Gasteiger partial charge in [0.05, 0.1) is 5.69 Å². The number of benzene rings is 2. The molecule has 1 aromatic heterocycles. The minimum Gasteiger partial charge on any atom is -0.385 e. The third-order valence-electron chi connectivity index (χ3n) is 4.01. The second-order valence-electron chi connectivity index (χ2n) is 6.04. The van der Waals surface area contributed by atoms with Crippen LogP contribution in [-0.2, 0) is 4.74 Å². The van der Waals surface area contributed by atoms with E-state index in [0.29, 0.717) is 12.6 Å². The van der Waals surface area contributed by atoms with Gasteiger partial charge in [0.1, 0.15) is 5.82 Å². The molecule has 0 amide bonds. The molecule has 5 nitrogen and oxygen atoms in total. The van der Waals surface area contributed by atoms with E-state index in [1.54, 1.807) is 7.11 Å². The lowest BCUT2D eigenvalue weighted by Crippen LogP contribution is -2.09. The van der Waals surface area contributed by atoms with E-state index in [0.717, 1.165) is 35.7 Å². The highest BCUT2D eigenvalue weighted by Gasteiger charge is 2.08. The molecule has 0 saturated carbocycles. The summed E-state index contributed by atoms with van der Waals surface area (Å²) in [4.78, 5) is 9.28. The summed E-state index contributed by atoms with van der Waals surface area (Å²) in [7, 11) is 1.71. The van der Waals surface area contributed by atoms with E-state index in [4.69, 9.17) is 4.74 Å². The maximum atomic E-state index is 5.10. The maximum absolute atomic E-state index is 5.10. The van der Waals surface area contributed by atoms with Gasteiger partial charge in [-0.15, -0.1) is 0 Å². The minimum absolute atomic E-state index is 0.610. The molecule has 0 saturated heterocycles.